The Morgan fingerprint density at radius 2 is 1.93 bits per heavy atom. The average Bonchev–Trinajstić information content (AvgIpc) is 3.04. The number of rotatable bonds is 5. The minimum absolute atomic E-state index is 0.00245. The van der Waals surface area contributed by atoms with Crippen LogP contribution < -0.4 is 0 Å². The fourth-order valence-corrected chi connectivity index (χ4v) is 6.97. The Morgan fingerprint density at radius 3 is 2.63 bits per heavy atom. The van der Waals surface area contributed by atoms with Gasteiger partial charge in [-0.25, -0.2) is 8.42 Å². The highest BCUT2D eigenvalue weighted by Crippen LogP contribution is 2.47. The number of aryl methyl sites for hydroxylation is 2. The van der Waals surface area contributed by atoms with E-state index in [0.29, 0.717) is 24.6 Å². The maximum absolute atomic E-state index is 12.8. The monoisotopic (exact) mass is 404 g/mol. The minimum Gasteiger partial charge on any atom is -0.371 e. The summed E-state index contributed by atoms with van der Waals surface area (Å²) < 4.78 is 33.2. The van der Waals surface area contributed by atoms with Crippen molar-refractivity contribution in [3.05, 3.63) is 59.4 Å². The van der Waals surface area contributed by atoms with Crippen molar-refractivity contribution in [2.75, 3.05) is 18.8 Å². The number of ether oxygens (including phenoxy) is 1. The summed E-state index contributed by atoms with van der Waals surface area (Å²) in [7, 11) is -3.39. The lowest BCUT2D eigenvalue weighted by atomic mass is 9.95. The Morgan fingerprint density at radius 1 is 1.19 bits per heavy atom. The fraction of sp³-hybridized carbons (Fsp3) is 0.450. The third-order valence-corrected chi connectivity index (χ3v) is 8.56. The highest BCUT2D eigenvalue weighted by molar-refractivity contribution is 8.01. The molecule has 0 aliphatic carbocycles. The number of sulfonamides is 1. The number of nitrogens with zero attached hydrogens (tertiary/aromatic N) is 2. The topological polar surface area (TPSA) is 59.5 Å². The molecule has 1 aromatic heterocycles. The Kier molecular flexibility index (Phi) is 5.05. The van der Waals surface area contributed by atoms with Gasteiger partial charge in [-0.1, -0.05) is 23.8 Å². The third-order valence-electron chi connectivity index (χ3n) is 5.18. The normalized spacial score (nSPS) is 22.1. The summed E-state index contributed by atoms with van der Waals surface area (Å²) >= 11 is 1.84. The molecule has 7 heteroatoms. The summed E-state index contributed by atoms with van der Waals surface area (Å²) in [4.78, 5) is 4.85. The summed E-state index contributed by atoms with van der Waals surface area (Å²) in [5.41, 5.74) is 2.99. The molecule has 0 radical (unpaired) electrons. The van der Waals surface area contributed by atoms with Crippen molar-refractivity contribution in [1.82, 2.24) is 9.29 Å². The van der Waals surface area contributed by atoms with Gasteiger partial charge < -0.3 is 4.74 Å². The van der Waals surface area contributed by atoms with E-state index in [4.69, 9.17) is 4.74 Å². The van der Waals surface area contributed by atoms with Gasteiger partial charge in [0, 0.05) is 29.3 Å². The lowest BCUT2D eigenvalue weighted by molar-refractivity contribution is 0.0380. The third kappa shape index (κ3) is 3.92. The van der Waals surface area contributed by atoms with Gasteiger partial charge in [-0.05, 0) is 44.5 Å². The number of hydrogen-bond donors (Lipinski definition) is 0. The van der Waals surface area contributed by atoms with Crippen LogP contribution in [0.1, 0.15) is 23.4 Å². The van der Waals surface area contributed by atoms with Gasteiger partial charge >= 0.3 is 0 Å². The van der Waals surface area contributed by atoms with Crippen molar-refractivity contribution >= 4 is 21.8 Å². The zero-order valence-electron chi connectivity index (χ0n) is 15.6. The van der Waals surface area contributed by atoms with E-state index >= 15 is 0 Å². The molecule has 0 bridgehead atoms. The predicted molar refractivity (Wildman–Crippen MR) is 107 cm³/mol. The fourth-order valence-electron chi connectivity index (χ4n) is 3.64. The zero-order chi connectivity index (χ0) is 19.1. The molecule has 1 aromatic carbocycles. The highest BCUT2D eigenvalue weighted by Gasteiger charge is 2.53. The molecule has 1 spiro atoms. The van der Waals surface area contributed by atoms with Crippen LogP contribution >= 0.6 is 11.8 Å². The summed E-state index contributed by atoms with van der Waals surface area (Å²) in [6.45, 7) is 5.57. The largest absolute Gasteiger partial charge is 0.371 e. The maximum Gasteiger partial charge on any atom is 0.243 e. The average molecular weight is 405 g/mol. The molecule has 0 amide bonds. The molecule has 27 heavy (non-hydrogen) atoms. The van der Waals surface area contributed by atoms with Gasteiger partial charge in [0.05, 0.1) is 23.3 Å². The van der Waals surface area contributed by atoms with Gasteiger partial charge in [0.25, 0.3) is 0 Å². The molecular formula is C20H24N2O3S2. The first kappa shape index (κ1) is 18.9. The van der Waals surface area contributed by atoms with Crippen molar-refractivity contribution in [2.45, 2.75) is 42.6 Å². The molecule has 2 aliphatic rings. The second-order valence-electron chi connectivity index (χ2n) is 7.49. The second-order valence-corrected chi connectivity index (χ2v) is 10.9. The first-order chi connectivity index (χ1) is 12.9. The lowest BCUT2D eigenvalue weighted by Gasteiger charge is -2.46. The van der Waals surface area contributed by atoms with Crippen LogP contribution in [0, 0.1) is 13.8 Å². The van der Waals surface area contributed by atoms with Gasteiger partial charge in [0.15, 0.2) is 0 Å². The van der Waals surface area contributed by atoms with Gasteiger partial charge in [-0.3, -0.25) is 4.98 Å². The minimum atomic E-state index is -3.39. The molecule has 2 aromatic rings. The summed E-state index contributed by atoms with van der Waals surface area (Å²) in [6.07, 6.45) is 1.05. The molecule has 0 saturated carbocycles. The lowest BCUT2D eigenvalue weighted by Crippen LogP contribution is -2.60. The van der Waals surface area contributed by atoms with Gasteiger partial charge in [0.2, 0.25) is 10.0 Å². The molecule has 1 atom stereocenters. The quantitative estimate of drug-likeness (QED) is 0.766. The predicted octanol–water partition coefficient (Wildman–Crippen LogP) is 3.16. The van der Waals surface area contributed by atoms with Crippen LogP contribution in [0.2, 0.25) is 0 Å². The van der Waals surface area contributed by atoms with Crippen molar-refractivity contribution in [1.29, 1.82) is 0 Å². The smallest absolute Gasteiger partial charge is 0.243 e. The Labute approximate surface area is 165 Å². The van der Waals surface area contributed by atoms with E-state index in [0.717, 1.165) is 29.1 Å². The number of hydrogen-bond acceptors (Lipinski definition) is 5. The number of aromatic nitrogens is 1. The van der Waals surface area contributed by atoms with E-state index < -0.39 is 10.0 Å². The molecule has 2 fully saturated rings. The van der Waals surface area contributed by atoms with E-state index in [2.05, 4.69) is 4.98 Å². The maximum atomic E-state index is 12.8. The first-order valence-corrected chi connectivity index (χ1v) is 11.5. The number of thioether (sulfide) groups is 1. The zero-order valence-corrected chi connectivity index (χ0v) is 17.2. The standard InChI is InChI=1S/C20H24N2O3S2/c1-15-6-8-19(9-7-15)27(23,24)22-13-20(14-22)10-18(12-26-20)25-11-17-5-3-4-16(2)21-17/h3-9,18H,10-14H2,1-2H3/t18-/m0/s1. The van der Waals surface area contributed by atoms with Gasteiger partial charge in [-0.15, -0.1) is 11.8 Å². The first-order valence-electron chi connectivity index (χ1n) is 9.11. The van der Waals surface area contributed by atoms with Crippen LogP contribution in [0.4, 0.5) is 0 Å². The van der Waals surface area contributed by atoms with Crippen LogP contribution in [-0.4, -0.2) is 47.4 Å². The van der Waals surface area contributed by atoms with Crippen LogP contribution in [-0.2, 0) is 21.4 Å². The van der Waals surface area contributed by atoms with E-state index in [1.807, 2.05) is 55.9 Å². The van der Waals surface area contributed by atoms with E-state index in [9.17, 15) is 8.42 Å². The molecule has 3 heterocycles. The van der Waals surface area contributed by atoms with E-state index in [1.165, 1.54) is 0 Å². The van der Waals surface area contributed by atoms with Gasteiger partial charge in [-0.2, -0.15) is 4.31 Å². The van der Waals surface area contributed by atoms with Crippen LogP contribution in [0.5, 0.6) is 0 Å². The van der Waals surface area contributed by atoms with Crippen LogP contribution in [0.15, 0.2) is 47.4 Å². The molecular weight excluding hydrogens is 380 g/mol. The molecule has 4 rings (SSSR count). The SMILES string of the molecule is Cc1ccc(S(=O)(=O)N2CC3(C[C@H](OCc4cccc(C)n4)CS3)C2)cc1. The number of benzene rings is 1. The Bertz CT molecular complexity index is 922. The van der Waals surface area contributed by atoms with Crippen molar-refractivity contribution in [2.24, 2.45) is 0 Å². The van der Waals surface area contributed by atoms with Crippen molar-refractivity contribution < 1.29 is 13.2 Å². The van der Waals surface area contributed by atoms with Crippen LogP contribution in [0.25, 0.3) is 0 Å². The molecule has 0 unspecified atom stereocenters. The summed E-state index contributed by atoms with van der Waals surface area (Å²) in [5.74, 6) is 0.907. The van der Waals surface area contributed by atoms with Crippen molar-refractivity contribution in [3.8, 4) is 0 Å². The van der Waals surface area contributed by atoms with Gasteiger partial charge in [0.1, 0.15) is 0 Å². The second kappa shape index (κ2) is 7.20. The van der Waals surface area contributed by atoms with Crippen LogP contribution in [0.3, 0.4) is 0 Å². The summed E-state index contributed by atoms with van der Waals surface area (Å²) in [5, 5.41) is 0. The van der Waals surface area contributed by atoms with E-state index in [-0.39, 0.29) is 10.9 Å². The Balaban J connectivity index is 1.33. The Hall–Kier alpha value is -1.41. The molecule has 2 saturated heterocycles. The summed E-state index contributed by atoms with van der Waals surface area (Å²) in [6, 6.07) is 13.0. The molecule has 144 valence electrons. The molecule has 5 nitrogen and oxygen atoms in total. The van der Waals surface area contributed by atoms with E-state index in [1.54, 1.807) is 16.4 Å². The highest BCUT2D eigenvalue weighted by atomic mass is 32.2. The molecule has 2 aliphatic heterocycles. The number of pyridine rings is 1. The molecule has 0 N–H and O–H groups in total. The van der Waals surface area contributed by atoms with Crippen molar-refractivity contribution in [3.63, 3.8) is 0 Å².